The number of benzene rings is 8. The Morgan fingerprint density at radius 2 is 0.667 bits per heavy atom. The Morgan fingerprint density at radius 3 is 1.01 bits per heavy atom. The van der Waals surface area contributed by atoms with Gasteiger partial charge in [-0.05, 0) is 60.0 Å². The van der Waals surface area contributed by atoms with Crippen molar-refractivity contribution in [2.45, 2.75) is 0 Å². The van der Waals surface area contributed by atoms with Gasteiger partial charge in [-0.1, -0.05) is 103 Å². The van der Waals surface area contributed by atoms with Gasteiger partial charge in [0.15, 0.2) is 11.6 Å². The van der Waals surface area contributed by atoms with Crippen LogP contribution >= 0.6 is 0 Å². The predicted octanol–water partition coefficient (Wildman–Crippen LogP) is 12.4. The smallest absolute Gasteiger partial charge is 0.237 e. The second-order valence-corrected chi connectivity index (χ2v) is 16.2. The molecule has 0 N–H and O–H groups in total. The molecule has 4 aromatic heterocycles. The molecule has 0 atom stereocenters. The van der Waals surface area contributed by atoms with Gasteiger partial charge in [0.05, 0.1) is 78.9 Å². The molecular weight excluding hydrogens is 853 g/mol. The first-order chi connectivity index (χ1) is 34.0. The van der Waals surface area contributed by atoms with Gasteiger partial charge in [0.1, 0.15) is 30.3 Å². The monoisotopic (exact) mass is 878 g/mol. The van der Waals surface area contributed by atoms with Crippen LogP contribution in [0, 0.1) is 63.2 Å². The summed E-state index contributed by atoms with van der Waals surface area (Å²) in [4.78, 5) is 19.8. The number of para-hydroxylation sites is 8. The van der Waals surface area contributed by atoms with E-state index in [2.05, 4.69) is 35.2 Å². The van der Waals surface area contributed by atoms with Crippen molar-refractivity contribution < 1.29 is 0 Å². The Morgan fingerprint density at radius 1 is 0.348 bits per heavy atom. The SMILES string of the molecule is [C-]#[N+]c1cccc2c3cccc(C#N)c3n(-c3nc(-c4ccccc4-n4c5c(C#N)cccc5c5cccc(C#N)c54)nc(-c4ccccc4-n4c5c(C#N)cccc5c5cccc(C#N)c54)n3)c12. The number of hydrogen-bond acceptors (Lipinski definition) is 8. The van der Waals surface area contributed by atoms with Gasteiger partial charge in [-0.15, -0.1) is 0 Å². The lowest BCUT2D eigenvalue weighted by atomic mass is 10.1. The molecule has 0 aliphatic rings. The van der Waals surface area contributed by atoms with Crippen LogP contribution in [-0.4, -0.2) is 28.7 Å². The van der Waals surface area contributed by atoms with Crippen molar-refractivity contribution in [1.29, 1.82) is 26.3 Å². The van der Waals surface area contributed by atoms with Crippen LogP contribution < -0.4 is 0 Å². The van der Waals surface area contributed by atoms with E-state index in [9.17, 15) is 26.3 Å². The molecule has 0 spiro atoms. The van der Waals surface area contributed by atoms with Crippen molar-refractivity contribution in [3.63, 3.8) is 0 Å². The van der Waals surface area contributed by atoms with E-state index in [1.807, 2.05) is 124 Å². The number of nitriles is 5. The molecule has 0 saturated carbocycles. The first-order valence-electron chi connectivity index (χ1n) is 21.5. The van der Waals surface area contributed by atoms with E-state index in [-0.39, 0.29) is 17.6 Å². The maximum absolute atomic E-state index is 10.7. The largest absolute Gasteiger partial charge is 0.306 e. The van der Waals surface area contributed by atoms with E-state index >= 15 is 0 Å². The molecule has 0 unspecified atom stereocenters. The van der Waals surface area contributed by atoms with Crippen molar-refractivity contribution in [2.75, 3.05) is 0 Å². The lowest BCUT2D eigenvalue weighted by molar-refractivity contribution is 0.949. The highest BCUT2D eigenvalue weighted by atomic mass is 15.2. The second kappa shape index (κ2) is 15.4. The quantitative estimate of drug-likeness (QED) is 0.153. The summed E-state index contributed by atoms with van der Waals surface area (Å²) in [5, 5.41) is 57.5. The fourth-order valence-corrected chi connectivity index (χ4v) is 9.97. The summed E-state index contributed by atoms with van der Waals surface area (Å²) in [5.41, 5.74) is 7.79. The van der Waals surface area contributed by atoms with Crippen molar-refractivity contribution in [3.8, 4) is 70.4 Å². The van der Waals surface area contributed by atoms with Crippen LogP contribution in [0.3, 0.4) is 0 Å². The maximum atomic E-state index is 10.7. The summed E-state index contributed by atoms with van der Waals surface area (Å²) in [6.45, 7) is 8.32. The zero-order valence-corrected chi connectivity index (χ0v) is 35.9. The van der Waals surface area contributed by atoms with Gasteiger partial charge in [0, 0.05) is 38.1 Å². The van der Waals surface area contributed by atoms with Gasteiger partial charge in [0.2, 0.25) is 11.6 Å². The fourth-order valence-electron chi connectivity index (χ4n) is 9.97. The molecule has 0 amide bonds. The first kappa shape index (κ1) is 39.7. The average Bonchev–Trinajstić information content (AvgIpc) is 4.07. The summed E-state index contributed by atoms with van der Waals surface area (Å²) < 4.78 is 5.59. The number of hydrogen-bond donors (Lipinski definition) is 0. The highest BCUT2D eigenvalue weighted by molar-refractivity contribution is 6.16. The highest BCUT2D eigenvalue weighted by Crippen LogP contribution is 2.43. The first-order valence-corrected chi connectivity index (χ1v) is 21.5. The summed E-state index contributed by atoms with van der Waals surface area (Å²) in [5.74, 6) is 0.497. The topological polar surface area (TPSA) is 177 Å². The number of aromatic nitrogens is 6. The van der Waals surface area contributed by atoms with Gasteiger partial charge < -0.3 is 9.13 Å². The van der Waals surface area contributed by atoms with E-state index in [0.29, 0.717) is 89.1 Å². The molecule has 8 aromatic carbocycles. The number of nitrogens with zero attached hydrogens (tertiary/aromatic N) is 12. The van der Waals surface area contributed by atoms with E-state index in [0.717, 1.165) is 32.3 Å². The maximum Gasteiger partial charge on any atom is 0.237 e. The van der Waals surface area contributed by atoms with E-state index in [1.165, 1.54) is 0 Å². The molecule has 0 aliphatic heterocycles. The second-order valence-electron chi connectivity index (χ2n) is 16.2. The summed E-state index contributed by atoms with van der Waals surface area (Å²) >= 11 is 0. The Labute approximate surface area is 391 Å². The summed E-state index contributed by atoms with van der Waals surface area (Å²) in [6.07, 6.45) is 0. The van der Waals surface area contributed by atoms with Crippen LogP contribution in [0.4, 0.5) is 5.69 Å². The Hall–Kier alpha value is -10.9. The molecule has 0 bridgehead atoms. The summed E-state index contributed by atoms with van der Waals surface area (Å²) in [6, 6.07) is 59.7. The molecule has 0 radical (unpaired) electrons. The number of rotatable bonds is 5. The van der Waals surface area contributed by atoms with Gasteiger partial charge in [0.25, 0.3) is 0 Å². The van der Waals surface area contributed by atoms with E-state index < -0.39 is 0 Å². The molecule has 69 heavy (non-hydrogen) atoms. The molecule has 12 heteroatoms. The summed E-state index contributed by atoms with van der Waals surface area (Å²) in [7, 11) is 0. The van der Waals surface area contributed by atoms with Crippen LogP contribution in [0.25, 0.3) is 110 Å². The van der Waals surface area contributed by atoms with E-state index in [1.54, 1.807) is 47.0 Å². The highest BCUT2D eigenvalue weighted by Gasteiger charge is 2.27. The molecule has 12 rings (SSSR count). The zero-order chi connectivity index (χ0) is 46.9. The Balaban J connectivity index is 1.25. The van der Waals surface area contributed by atoms with E-state index in [4.69, 9.17) is 21.5 Å². The van der Waals surface area contributed by atoms with Crippen LogP contribution in [0.1, 0.15) is 27.8 Å². The molecule has 0 saturated heterocycles. The molecule has 314 valence electrons. The zero-order valence-electron chi connectivity index (χ0n) is 35.9. The third kappa shape index (κ3) is 5.66. The lowest BCUT2D eigenvalue weighted by Crippen LogP contribution is -2.09. The van der Waals surface area contributed by atoms with Crippen LogP contribution in [0.15, 0.2) is 158 Å². The third-order valence-electron chi connectivity index (χ3n) is 12.7. The van der Waals surface area contributed by atoms with Gasteiger partial charge in [-0.3, -0.25) is 4.57 Å². The third-order valence-corrected chi connectivity index (χ3v) is 12.7. The van der Waals surface area contributed by atoms with Crippen LogP contribution in [0.5, 0.6) is 0 Å². The molecule has 12 nitrogen and oxygen atoms in total. The molecule has 0 fully saturated rings. The standard InChI is InChI=1S/C57H26N12/c1-63-46-25-11-24-43-42-23-10-16-37(32-62)53(42)69(54(43)46)57-65-55(44-17-2-4-26-47(44)67-49-33(28-58)12-6-19-38(49)39-20-7-13-34(29-59)50(39)67)64-56(66-57)45-18-3-5-27-48(45)68-51-35(30-60)14-8-21-40(51)41-22-9-15-36(31-61)52(41)68/h2-27H. The minimum absolute atomic E-state index is 0.105. The Bertz CT molecular complexity index is 4100. The van der Waals surface area contributed by atoms with Crippen LogP contribution in [-0.2, 0) is 0 Å². The van der Waals surface area contributed by atoms with Gasteiger partial charge in [-0.25, -0.2) is 9.83 Å². The van der Waals surface area contributed by atoms with Crippen molar-refractivity contribution in [2.24, 2.45) is 0 Å². The minimum atomic E-state index is 0.105. The molecule has 0 aliphatic carbocycles. The van der Waals surface area contributed by atoms with Gasteiger partial charge in [-0.2, -0.15) is 36.3 Å². The molecule has 4 heterocycles. The minimum Gasteiger partial charge on any atom is -0.306 e. The fraction of sp³-hybridized carbons (Fsp3) is 0. The molecule has 12 aromatic rings. The van der Waals surface area contributed by atoms with Crippen molar-refractivity contribution in [1.82, 2.24) is 28.7 Å². The average molecular weight is 879 g/mol. The predicted molar refractivity (Wildman–Crippen MR) is 264 cm³/mol. The van der Waals surface area contributed by atoms with Crippen molar-refractivity contribution >= 4 is 71.1 Å². The Kier molecular flexibility index (Phi) is 8.85. The lowest BCUT2D eigenvalue weighted by Gasteiger charge is -2.17. The van der Waals surface area contributed by atoms with Crippen molar-refractivity contribution in [3.05, 3.63) is 197 Å². The normalized spacial score (nSPS) is 11.1. The van der Waals surface area contributed by atoms with Gasteiger partial charge >= 0.3 is 0 Å². The number of fused-ring (bicyclic) bond motifs is 9. The molecular formula is C57H26N12. The van der Waals surface area contributed by atoms with Crippen LogP contribution in [0.2, 0.25) is 0 Å².